The van der Waals surface area contributed by atoms with Crippen LogP contribution in [0.3, 0.4) is 0 Å². The fraction of sp³-hybridized carbons (Fsp3) is 1.00. The van der Waals surface area contributed by atoms with Gasteiger partial charge in [-0.05, 0) is 0 Å². The molecule has 4 nitrogen and oxygen atoms in total. The van der Waals surface area contributed by atoms with Crippen LogP contribution in [0.1, 0.15) is 6.42 Å². The molecule has 2 aliphatic rings. The summed E-state index contributed by atoms with van der Waals surface area (Å²) in [6.45, 7) is 0.276. The number of ether oxygens (including phenoxy) is 2. The van der Waals surface area contributed by atoms with Crippen LogP contribution < -0.4 is 0 Å². The van der Waals surface area contributed by atoms with Gasteiger partial charge in [-0.25, -0.2) is 0 Å². The molecule has 2 rings (SSSR count). The summed E-state index contributed by atoms with van der Waals surface area (Å²) < 4.78 is 10.5. The highest BCUT2D eigenvalue weighted by atomic mass is 16.6. The summed E-state index contributed by atoms with van der Waals surface area (Å²) in [5.74, 6) is 0. The SMILES string of the molecule is [B][C@@H]1O[C@@]2(CO)CCOC1[C@H]2O. The maximum atomic E-state index is 9.64. The van der Waals surface area contributed by atoms with Gasteiger partial charge in [-0.1, -0.05) is 0 Å². The summed E-state index contributed by atoms with van der Waals surface area (Å²) in [5.41, 5.74) is -0.873. The van der Waals surface area contributed by atoms with Gasteiger partial charge in [0.05, 0.1) is 13.2 Å². The Morgan fingerprint density at radius 2 is 2.33 bits per heavy atom. The van der Waals surface area contributed by atoms with Crippen molar-refractivity contribution in [2.45, 2.75) is 30.2 Å². The highest BCUT2D eigenvalue weighted by molar-refractivity contribution is 6.11. The summed E-state index contributed by atoms with van der Waals surface area (Å²) in [7, 11) is 5.55. The van der Waals surface area contributed by atoms with Gasteiger partial charge < -0.3 is 19.7 Å². The van der Waals surface area contributed by atoms with Gasteiger partial charge in [0.15, 0.2) is 0 Å². The van der Waals surface area contributed by atoms with Crippen molar-refractivity contribution in [3.8, 4) is 0 Å². The Morgan fingerprint density at radius 1 is 1.58 bits per heavy atom. The van der Waals surface area contributed by atoms with Crippen molar-refractivity contribution in [2.24, 2.45) is 0 Å². The summed E-state index contributed by atoms with van der Waals surface area (Å²) in [4.78, 5) is 0. The molecular formula is C7H11BO4. The van der Waals surface area contributed by atoms with E-state index < -0.39 is 23.8 Å². The van der Waals surface area contributed by atoms with E-state index in [-0.39, 0.29) is 6.61 Å². The number of hydrogen-bond donors (Lipinski definition) is 2. The number of rotatable bonds is 1. The minimum absolute atomic E-state index is 0.207. The van der Waals surface area contributed by atoms with Gasteiger partial charge in [-0.3, -0.25) is 0 Å². The van der Waals surface area contributed by atoms with Gasteiger partial charge in [0, 0.05) is 12.4 Å². The summed E-state index contributed by atoms with van der Waals surface area (Å²) in [5, 5.41) is 18.7. The lowest BCUT2D eigenvalue weighted by Gasteiger charge is -2.34. The van der Waals surface area contributed by atoms with E-state index >= 15 is 0 Å². The lowest BCUT2D eigenvalue weighted by atomic mass is 9.86. The zero-order valence-corrected chi connectivity index (χ0v) is 6.64. The first-order chi connectivity index (χ1) is 5.69. The van der Waals surface area contributed by atoms with E-state index in [0.29, 0.717) is 13.0 Å². The second-order valence-electron chi connectivity index (χ2n) is 3.34. The topological polar surface area (TPSA) is 58.9 Å². The molecule has 0 saturated carbocycles. The maximum Gasteiger partial charge on any atom is 0.121 e. The van der Waals surface area contributed by atoms with Crippen molar-refractivity contribution in [1.29, 1.82) is 0 Å². The number of aliphatic hydroxyl groups excluding tert-OH is 2. The van der Waals surface area contributed by atoms with E-state index in [0.717, 1.165) is 0 Å². The van der Waals surface area contributed by atoms with Crippen molar-refractivity contribution >= 4 is 7.85 Å². The molecule has 0 amide bonds. The zero-order chi connectivity index (χ0) is 8.77. The third-order valence-corrected chi connectivity index (χ3v) is 2.65. The monoisotopic (exact) mass is 170 g/mol. The molecule has 0 aromatic rings. The molecule has 2 N–H and O–H groups in total. The van der Waals surface area contributed by atoms with Crippen molar-refractivity contribution < 1.29 is 19.7 Å². The van der Waals surface area contributed by atoms with Gasteiger partial charge in [0.2, 0.25) is 0 Å². The molecule has 2 radical (unpaired) electrons. The Balaban J connectivity index is 2.24. The van der Waals surface area contributed by atoms with Crippen LogP contribution in [0.5, 0.6) is 0 Å². The molecule has 2 fully saturated rings. The fourth-order valence-corrected chi connectivity index (χ4v) is 1.86. The van der Waals surface area contributed by atoms with E-state index in [1.54, 1.807) is 0 Å². The standard InChI is InChI=1S/C7H11BO4/c8-6-4-5(10)7(3-9,12-6)1-2-11-4/h4-6,9-10H,1-3H2/t4?,5-,6-,7-/m1/s1. The van der Waals surface area contributed by atoms with Crippen molar-refractivity contribution in [2.75, 3.05) is 13.2 Å². The Morgan fingerprint density at radius 3 is 2.92 bits per heavy atom. The number of aliphatic hydroxyl groups is 2. The van der Waals surface area contributed by atoms with E-state index in [2.05, 4.69) is 0 Å². The summed E-state index contributed by atoms with van der Waals surface area (Å²) in [6.07, 6.45) is -0.786. The van der Waals surface area contributed by atoms with Gasteiger partial charge in [0.1, 0.15) is 25.7 Å². The molecule has 1 unspecified atom stereocenters. The molecule has 2 aliphatic heterocycles. The lowest BCUT2D eigenvalue weighted by molar-refractivity contribution is -0.138. The molecule has 2 saturated heterocycles. The molecule has 4 atom stereocenters. The highest BCUT2D eigenvalue weighted by Gasteiger charge is 2.55. The first-order valence-corrected chi connectivity index (χ1v) is 4.03. The average Bonchev–Trinajstić information content (AvgIpc) is 2.23. The van der Waals surface area contributed by atoms with Crippen LogP contribution in [0, 0.1) is 0 Å². The van der Waals surface area contributed by atoms with Crippen molar-refractivity contribution in [3.63, 3.8) is 0 Å². The van der Waals surface area contributed by atoms with Crippen LogP contribution in [0.2, 0.25) is 0 Å². The highest BCUT2D eigenvalue weighted by Crippen LogP contribution is 2.38. The van der Waals surface area contributed by atoms with Gasteiger partial charge >= 0.3 is 0 Å². The summed E-state index contributed by atoms with van der Waals surface area (Å²) in [6, 6.07) is -0.616. The summed E-state index contributed by atoms with van der Waals surface area (Å²) >= 11 is 0. The Bertz CT molecular complexity index is 188. The molecule has 2 bridgehead atoms. The Kier molecular flexibility index (Phi) is 1.91. The zero-order valence-electron chi connectivity index (χ0n) is 6.64. The smallest absolute Gasteiger partial charge is 0.121 e. The minimum Gasteiger partial charge on any atom is -0.393 e. The van der Waals surface area contributed by atoms with E-state index in [1.165, 1.54) is 0 Å². The predicted molar refractivity (Wildman–Crippen MR) is 40.8 cm³/mol. The predicted octanol–water partition coefficient (Wildman–Crippen LogP) is -1.61. The van der Waals surface area contributed by atoms with Crippen LogP contribution in [0.25, 0.3) is 0 Å². The second kappa shape index (κ2) is 2.70. The van der Waals surface area contributed by atoms with Crippen LogP contribution in [0.15, 0.2) is 0 Å². The molecule has 0 spiro atoms. The molecule has 0 aliphatic carbocycles. The van der Waals surface area contributed by atoms with E-state index in [4.69, 9.17) is 22.4 Å². The molecule has 5 heteroatoms. The van der Waals surface area contributed by atoms with Crippen LogP contribution in [0.4, 0.5) is 0 Å². The molecular weight excluding hydrogens is 159 g/mol. The molecule has 12 heavy (non-hydrogen) atoms. The minimum atomic E-state index is -0.873. The second-order valence-corrected chi connectivity index (χ2v) is 3.34. The first kappa shape index (κ1) is 8.50. The first-order valence-electron chi connectivity index (χ1n) is 4.03. The quantitative estimate of drug-likeness (QED) is 0.465. The third-order valence-electron chi connectivity index (χ3n) is 2.65. The number of hydrogen-bond acceptors (Lipinski definition) is 4. The lowest BCUT2D eigenvalue weighted by Crippen LogP contribution is -2.51. The molecule has 2 heterocycles. The van der Waals surface area contributed by atoms with Gasteiger partial charge in [-0.2, -0.15) is 0 Å². The van der Waals surface area contributed by atoms with Crippen molar-refractivity contribution in [3.05, 3.63) is 0 Å². The fourth-order valence-electron chi connectivity index (χ4n) is 1.86. The average molecular weight is 170 g/mol. The van der Waals surface area contributed by atoms with E-state index in [1.807, 2.05) is 0 Å². The molecule has 0 aromatic heterocycles. The van der Waals surface area contributed by atoms with Gasteiger partial charge in [0.25, 0.3) is 0 Å². The van der Waals surface area contributed by atoms with Crippen molar-refractivity contribution in [1.82, 2.24) is 0 Å². The number of fused-ring (bicyclic) bond motifs is 2. The normalized spacial score (nSPS) is 52.7. The van der Waals surface area contributed by atoms with E-state index in [9.17, 15) is 5.11 Å². The molecule has 66 valence electrons. The van der Waals surface area contributed by atoms with Crippen LogP contribution in [-0.4, -0.2) is 55.1 Å². The van der Waals surface area contributed by atoms with Crippen LogP contribution >= 0.6 is 0 Å². The Labute approximate surface area is 71.9 Å². The maximum absolute atomic E-state index is 9.64. The third kappa shape index (κ3) is 0.940. The Hall–Kier alpha value is -0.0951. The largest absolute Gasteiger partial charge is 0.393 e. The van der Waals surface area contributed by atoms with Gasteiger partial charge in [-0.15, -0.1) is 0 Å². The molecule has 0 aromatic carbocycles. The van der Waals surface area contributed by atoms with Crippen LogP contribution in [-0.2, 0) is 9.47 Å².